The van der Waals surface area contributed by atoms with E-state index < -0.39 is 0 Å². The van der Waals surface area contributed by atoms with Gasteiger partial charge in [0.25, 0.3) is 5.91 Å². The Balaban J connectivity index is 0.00000289. The SMILES string of the molecule is Cc1cc(-c2csc(Nc3ccc(C(=O)N4[C@@H]5CCC[C@H]4CN(c4ncc(C6CC6)cn4)C5)cn3)n2)n(C)n1.[HH]. The van der Waals surface area contributed by atoms with Crippen molar-refractivity contribution < 1.29 is 6.22 Å². The van der Waals surface area contributed by atoms with E-state index in [0.717, 1.165) is 60.5 Å². The quantitative estimate of drug-likeness (QED) is 0.370. The van der Waals surface area contributed by atoms with Crippen LogP contribution in [-0.4, -0.2) is 65.7 Å². The number of piperidine rings is 1. The number of hydrogen-bond donors (Lipinski definition) is 1. The van der Waals surface area contributed by atoms with Gasteiger partial charge in [-0.1, -0.05) is 0 Å². The van der Waals surface area contributed by atoms with Crippen molar-refractivity contribution in [3.05, 3.63) is 59.0 Å². The maximum absolute atomic E-state index is 13.6. The number of pyridine rings is 1. The van der Waals surface area contributed by atoms with E-state index in [9.17, 15) is 4.79 Å². The minimum Gasteiger partial charge on any atom is -0.337 e. The van der Waals surface area contributed by atoms with Crippen molar-refractivity contribution in [2.24, 2.45) is 7.05 Å². The number of fused-ring (bicyclic) bond motifs is 2. The van der Waals surface area contributed by atoms with E-state index in [-0.39, 0.29) is 19.4 Å². The zero-order valence-electron chi connectivity index (χ0n) is 22.1. The molecule has 202 valence electrons. The normalized spacial score (nSPS) is 20.8. The standard InChI is InChI=1S/C28H31N9OS.H2/c1-17-10-24(35(2)34-17)23-16-39-28(32-23)33-25-9-8-19(11-29-25)26(38)37-21-4-3-5-22(37)15-36(14-21)27-30-12-20(13-31-27)18-6-7-18;/h8-13,16,18,21-22H,3-7,14-15H2,1-2H3,(H,29,32,33);1H/t21-,22+;. The van der Waals surface area contributed by atoms with Gasteiger partial charge in [-0.15, -0.1) is 11.3 Å². The van der Waals surface area contributed by atoms with Crippen LogP contribution >= 0.6 is 11.3 Å². The number of aryl methyl sites for hydroxylation is 2. The molecular formula is C28H33N9OS. The first-order valence-corrected chi connectivity index (χ1v) is 14.5. The maximum atomic E-state index is 13.6. The fourth-order valence-electron chi connectivity index (χ4n) is 5.88. The summed E-state index contributed by atoms with van der Waals surface area (Å²) in [6.45, 7) is 3.50. The zero-order chi connectivity index (χ0) is 26.5. The molecule has 2 bridgehead atoms. The third-order valence-corrected chi connectivity index (χ3v) is 8.72. The molecule has 0 unspecified atom stereocenters. The first kappa shape index (κ1) is 24.2. The molecule has 3 fully saturated rings. The van der Waals surface area contributed by atoms with Gasteiger partial charge in [0.2, 0.25) is 5.95 Å². The molecule has 11 heteroatoms. The lowest BCUT2D eigenvalue weighted by molar-refractivity contribution is 0.0390. The summed E-state index contributed by atoms with van der Waals surface area (Å²) in [5.41, 5.74) is 4.65. The van der Waals surface area contributed by atoms with E-state index in [0.29, 0.717) is 17.3 Å². The summed E-state index contributed by atoms with van der Waals surface area (Å²) in [5, 5.41) is 10.4. The molecule has 4 aromatic rings. The lowest BCUT2D eigenvalue weighted by Crippen LogP contribution is -2.63. The predicted octanol–water partition coefficient (Wildman–Crippen LogP) is 4.79. The Bertz CT molecular complexity index is 1480. The van der Waals surface area contributed by atoms with Crippen molar-refractivity contribution >= 4 is 34.1 Å². The number of piperazine rings is 1. The molecule has 1 saturated carbocycles. The van der Waals surface area contributed by atoms with Crippen molar-refractivity contribution in [3.8, 4) is 11.4 Å². The van der Waals surface area contributed by atoms with Crippen LogP contribution in [0.25, 0.3) is 11.4 Å². The number of thiazole rings is 1. The van der Waals surface area contributed by atoms with Crippen LogP contribution in [0.5, 0.6) is 0 Å². The first-order chi connectivity index (χ1) is 19.0. The van der Waals surface area contributed by atoms with Crippen LogP contribution in [0.2, 0.25) is 0 Å². The van der Waals surface area contributed by atoms with Crippen LogP contribution in [0.4, 0.5) is 16.9 Å². The fraction of sp³-hybridized carbons (Fsp3) is 0.429. The second kappa shape index (κ2) is 9.71. The Hall–Kier alpha value is -3.86. The summed E-state index contributed by atoms with van der Waals surface area (Å²) in [7, 11) is 1.92. The average molecular weight is 544 g/mol. The van der Waals surface area contributed by atoms with Crippen LogP contribution in [0.3, 0.4) is 0 Å². The van der Waals surface area contributed by atoms with E-state index >= 15 is 0 Å². The van der Waals surface area contributed by atoms with Gasteiger partial charge in [0.05, 0.1) is 17.0 Å². The third-order valence-electron chi connectivity index (χ3n) is 7.96. The van der Waals surface area contributed by atoms with E-state index in [1.165, 1.54) is 29.7 Å². The number of carbonyl (C=O) groups excluding carboxylic acids is 1. The summed E-state index contributed by atoms with van der Waals surface area (Å²) < 4.78 is 1.83. The van der Waals surface area contributed by atoms with Gasteiger partial charge in [0, 0.05) is 57.6 Å². The summed E-state index contributed by atoms with van der Waals surface area (Å²) in [6, 6.07) is 6.03. The molecule has 6 heterocycles. The predicted molar refractivity (Wildman–Crippen MR) is 153 cm³/mol. The molecule has 0 aromatic carbocycles. The number of nitrogens with one attached hydrogen (secondary N) is 1. The Morgan fingerprint density at radius 2 is 1.82 bits per heavy atom. The molecule has 10 nitrogen and oxygen atoms in total. The molecule has 39 heavy (non-hydrogen) atoms. The molecule has 2 atom stereocenters. The van der Waals surface area contributed by atoms with Crippen LogP contribution in [-0.2, 0) is 7.05 Å². The highest BCUT2D eigenvalue weighted by atomic mass is 32.1. The van der Waals surface area contributed by atoms with Gasteiger partial charge in [-0.25, -0.2) is 19.9 Å². The molecule has 2 aliphatic heterocycles. The minimum absolute atomic E-state index is 0. The zero-order valence-corrected chi connectivity index (χ0v) is 22.9. The van der Waals surface area contributed by atoms with Crippen molar-refractivity contribution in [1.29, 1.82) is 0 Å². The van der Waals surface area contributed by atoms with Crippen molar-refractivity contribution in [3.63, 3.8) is 0 Å². The molecule has 1 aliphatic carbocycles. The Morgan fingerprint density at radius 1 is 1.05 bits per heavy atom. The highest BCUT2D eigenvalue weighted by Crippen LogP contribution is 2.39. The average Bonchev–Trinajstić information content (AvgIpc) is 3.60. The minimum atomic E-state index is 0. The van der Waals surface area contributed by atoms with Gasteiger partial charge in [-0.3, -0.25) is 9.48 Å². The van der Waals surface area contributed by atoms with E-state index in [4.69, 9.17) is 0 Å². The van der Waals surface area contributed by atoms with Crippen molar-refractivity contribution in [2.75, 3.05) is 23.3 Å². The van der Waals surface area contributed by atoms with Crippen LogP contribution < -0.4 is 10.2 Å². The third kappa shape index (κ3) is 4.75. The summed E-state index contributed by atoms with van der Waals surface area (Å²) >= 11 is 1.51. The van der Waals surface area contributed by atoms with Gasteiger partial charge in [-0.05, 0) is 68.7 Å². The Labute approximate surface area is 232 Å². The molecule has 0 radical (unpaired) electrons. The smallest absolute Gasteiger partial charge is 0.256 e. The Morgan fingerprint density at radius 3 is 2.46 bits per heavy atom. The first-order valence-electron chi connectivity index (χ1n) is 13.6. The molecule has 1 amide bonds. The molecule has 0 spiro atoms. The Kier molecular flexibility index (Phi) is 6.03. The largest absolute Gasteiger partial charge is 0.337 e. The van der Waals surface area contributed by atoms with Gasteiger partial charge in [0.1, 0.15) is 11.5 Å². The molecule has 7 rings (SSSR count). The number of hydrogen-bond acceptors (Lipinski definition) is 9. The van der Waals surface area contributed by atoms with Gasteiger partial charge in [0.15, 0.2) is 5.13 Å². The van der Waals surface area contributed by atoms with E-state index in [1.54, 1.807) is 6.20 Å². The monoisotopic (exact) mass is 543 g/mol. The second-order valence-electron chi connectivity index (χ2n) is 10.8. The van der Waals surface area contributed by atoms with Crippen molar-refractivity contribution in [1.82, 2.24) is 34.6 Å². The number of carbonyl (C=O) groups is 1. The van der Waals surface area contributed by atoms with Crippen molar-refractivity contribution in [2.45, 2.75) is 57.0 Å². The maximum Gasteiger partial charge on any atom is 0.256 e. The number of rotatable bonds is 6. The summed E-state index contributed by atoms with van der Waals surface area (Å²) in [6.07, 6.45) is 11.3. The number of nitrogens with zero attached hydrogens (tertiary/aromatic N) is 8. The van der Waals surface area contributed by atoms with E-state index in [1.807, 2.05) is 54.6 Å². The van der Waals surface area contributed by atoms with Crippen LogP contribution in [0.15, 0.2) is 42.2 Å². The number of amides is 1. The number of aromatic nitrogens is 6. The molecule has 1 N–H and O–H groups in total. The van der Waals surface area contributed by atoms with Gasteiger partial charge in [-0.2, -0.15) is 5.10 Å². The lowest BCUT2D eigenvalue weighted by atomic mass is 9.90. The highest BCUT2D eigenvalue weighted by molar-refractivity contribution is 7.14. The molecule has 2 saturated heterocycles. The lowest BCUT2D eigenvalue weighted by Gasteiger charge is -2.50. The van der Waals surface area contributed by atoms with Gasteiger partial charge >= 0.3 is 0 Å². The molecule has 4 aromatic heterocycles. The van der Waals surface area contributed by atoms with Gasteiger partial charge < -0.3 is 15.1 Å². The molecule has 3 aliphatic rings. The van der Waals surface area contributed by atoms with Crippen LogP contribution in [0.1, 0.15) is 61.1 Å². The highest BCUT2D eigenvalue weighted by Gasteiger charge is 2.41. The molecular weight excluding hydrogens is 510 g/mol. The van der Waals surface area contributed by atoms with E-state index in [2.05, 4.69) is 40.2 Å². The summed E-state index contributed by atoms with van der Waals surface area (Å²) in [4.78, 5) is 36.6. The fourth-order valence-corrected chi connectivity index (χ4v) is 6.59. The summed E-state index contributed by atoms with van der Waals surface area (Å²) in [5.74, 6) is 2.14. The van der Waals surface area contributed by atoms with Crippen LogP contribution in [0, 0.1) is 6.92 Å². The second-order valence-corrected chi connectivity index (χ2v) is 11.7. The number of anilines is 3. The topological polar surface area (TPSA) is 105 Å².